The Balaban J connectivity index is 2.05. The minimum Gasteiger partial charge on any atom is -0.475 e. The first-order chi connectivity index (χ1) is 9.88. The Kier molecular flexibility index (Phi) is 4.02. The van der Waals surface area contributed by atoms with Gasteiger partial charge >= 0.3 is 5.97 Å². The summed E-state index contributed by atoms with van der Waals surface area (Å²) >= 11 is 0. The molecule has 0 aliphatic rings. The molecule has 0 bridgehead atoms. The fraction of sp³-hybridized carbons (Fsp3) is 0.214. The van der Waals surface area contributed by atoms with Gasteiger partial charge < -0.3 is 14.9 Å². The number of nitrogens with zero attached hydrogens (tertiary/aromatic N) is 1. The van der Waals surface area contributed by atoms with E-state index >= 15 is 0 Å². The number of hydrogen-bond acceptors (Lipinski definition) is 4. The Morgan fingerprint density at radius 2 is 1.90 bits per heavy atom. The van der Waals surface area contributed by atoms with Crippen molar-refractivity contribution in [1.82, 2.24) is 10.5 Å². The first kappa shape index (κ1) is 14.7. The molecule has 2 rings (SSSR count). The molecule has 0 saturated heterocycles. The lowest BCUT2D eigenvalue weighted by Gasteiger charge is -2.07. The molecule has 6 nitrogen and oxygen atoms in total. The van der Waals surface area contributed by atoms with E-state index in [9.17, 15) is 14.0 Å². The number of halogens is 1. The number of amides is 1. The lowest BCUT2D eigenvalue weighted by Crippen LogP contribution is -2.23. The number of hydrogen-bond donors (Lipinski definition) is 2. The fourth-order valence-electron chi connectivity index (χ4n) is 1.89. The van der Waals surface area contributed by atoms with E-state index < -0.39 is 17.6 Å². The molecule has 21 heavy (non-hydrogen) atoms. The zero-order chi connectivity index (χ0) is 15.6. The van der Waals surface area contributed by atoms with Gasteiger partial charge in [0.25, 0.3) is 5.91 Å². The van der Waals surface area contributed by atoms with Gasteiger partial charge in [0.2, 0.25) is 5.76 Å². The number of benzene rings is 1. The van der Waals surface area contributed by atoms with Crippen LogP contribution in [0.2, 0.25) is 0 Å². The highest BCUT2D eigenvalue weighted by atomic mass is 19.1. The van der Waals surface area contributed by atoms with Crippen LogP contribution < -0.4 is 5.32 Å². The Bertz CT molecular complexity index is 686. The second kappa shape index (κ2) is 5.74. The normalized spacial score (nSPS) is 10.4. The molecule has 0 unspecified atom stereocenters. The quantitative estimate of drug-likeness (QED) is 0.899. The van der Waals surface area contributed by atoms with Crippen molar-refractivity contribution in [3.05, 3.63) is 52.2 Å². The molecule has 1 heterocycles. The summed E-state index contributed by atoms with van der Waals surface area (Å²) in [5.74, 6) is -2.54. The molecule has 0 aliphatic carbocycles. The first-order valence-corrected chi connectivity index (χ1v) is 6.12. The summed E-state index contributed by atoms with van der Waals surface area (Å²) in [6.07, 6.45) is 0. The smallest absolute Gasteiger partial charge is 0.374 e. The standard InChI is InChI=1S/C14H13FN2O4/c1-7-3-9(4-8(2)12(7)15)6-16-13(18)10-5-11(14(19)20)21-17-10/h3-5H,6H2,1-2H3,(H,16,18)(H,19,20). The maximum Gasteiger partial charge on any atom is 0.374 e. The highest BCUT2D eigenvalue weighted by Crippen LogP contribution is 2.14. The second-order valence-corrected chi connectivity index (χ2v) is 4.61. The minimum absolute atomic E-state index is 0.122. The van der Waals surface area contributed by atoms with Crippen molar-refractivity contribution in [2.75, 3.05) is 0 Å². The first-order valence-electron chi connectivity index (χ1n) is 6.12. The Morgan fingerprint density at radius 1 is 1.29 bits per heavy atom. The van der Waals surface area contributed by atoms with Gasteiger partial charge in [-0.2, -0.15) is 0 Å². The van der Waals surface area contributed by atoms with Crippen LogP contribution in [0.25, 0.3) is 0 Å². The van der Waals surface area contributed by atoms with E-state index in [1.54, 1.807) is 26.0 Å². The molecule has 0 saturated carbocycles. The van der Waals surface area contributed by atoms with Crippen molar-refractivity contribution < 1.29 is 23.6 Å². The molecular weight excluding hydrogens is 279 g/mol. The SMILES string of the molecule is Cc1cc(CNC(=O)c2cc(C(=O)O)on2)cc(C)c1F. The molecule has 1 aromatic heterocycles. The number of rotatable bonds is 4. The lowest BCUT2D eigenvalue weighted by molar-refractivity contribution is 0.0651. The summed E-state index contributed by atoms with van der Waals surface area (Å²) in [6.45, 7) is 3.46. The predicted molar refractivity (Wildman–Crippen MR) is 70.5 cm³/mol. The van der Waals surface area contributed by atoms with Gasteiger partial charge in [0, 0.05) is 12.6 Å². The van der Waals surface area contributed by atoms with E-state index in [1.807, 2.05) is 0 Å². The summed E-state index contributed by atoms with van der Waals surface area (Å²) in [4.78, 5) is 22.4. The predicted octanol–water partition coefficient (Wildman–Crippen LogP) is 2.06. The second-order valence-electron chi connectivity index (χ2n) is 4.61. The molecule has 2 aromatic rings. The molecule has 1 aromatic carbocycles. The van der Waals surface area contributed by atoms with E-state index in [4.69, 9.17) is 5.11 Å². The van der Waals surface area contributed by atoms with Crippen LogP contribution in [0.1, 0.15) is 37.7 Å². The third kappa shape index (κ3) is 3.25. The van der Waals surface area contributed by atoms with Crippen molar-refractivity contribution >= 4 is 11.9 Å². The summed E-state index contributed by atoms with van der Waals surface area (Å²) in [5.41, 5.74) is 1.60. The van der Waals surface area contributed by atoms with Gasteiger partial charge in [-0.25, -0.2) is 9.18 Å². The average Bonchev–Trinajstić information content (AvgIpc) is 2.92. The topological polar surface area (TPSA) is 92.4 Å². The summed E-state index contributed by atoms with van der Waals surface area (Å²) in [7, 11) is 0. The summed E-state index contributed by atoms with van der Waals surface area (Å²) < 4.78 is 18.0. The monoisotopic (exact) mass is 292 g/mol. The van der Waals surface area contributed by atoms with Crippen LogP contribution in [-0.4, -0.2) is 22.1 Å². The number of aromatic carboxylic acids is 1. The van der Waals surface area contributed by atoms with Crippen molar-refractivity contribution in [2.45, 2.75) is 20.4 Å². The molecule has 7 heteroatoms. The van der Waals surface area contributed by atoms with Gasteiger partial charge in [0.15, 0.2) is 5.69 Å². The third-order valence-corrected chi connectivity index (χ3v) is 2.90. The van der Waals surface area contributed by atoms with Crippen molar-refractivity contribution in [1.29, 1.82) is 0 Å². The molecule has 0 radical (unpaired) electrons. The van der Waals surface area contributed by atoms with Gasteiger partial charge in [-0.15, -0.1) is 0 Å². The zero-order valence-corrected chi connectivity index (χ0v) is 11.4. The van der Waals surface area contributed by atoms with E-state index in [0.29, 0.717) is 11.1 Å². The number of carboxylic acids is 1. The Morgan fingerprint density at radius 3 is 2.43 bits per heavy atom. The molecule has 110 valence electrons. The number of carbonyl (C=O) groups excluding carboxylic acids is 1. The molecule has 0 spiro atoms. The van der Waals surface area contributed by atoms with E-state index in [0.717, 1.165) is 11.6 Å². The van der Waals surface area contributed by atoms with Crippen LogP contribution in [0.4, 0.5) is 4.39 Å². The van der Waals surface area contributed by atoms with Gasteiger partial charge in [-0.1, -0.05) is 17.3 Å². The third-order valence-electron chi connectivity index (χ3n) is 2.90. The summed E-state index contributed by atoms with van der Waals surface area (Å²) in [5, 5.41) is 14.6. The number of carboxylic acid groups (broad SMARTS) is 1. The molecule has 0 atom stereocenters. The lowest BCUT2D eigenvalue weighted by atomic mass is 10.1. The number of carbonyl (C=O) groups is 2. The van der Waals surface area contributed by atoms with Crippen molar-refractivity contribution in [3.63, 3.8) is 0 Å². The maximum absolute atomic E-state index is 13.5. The summed E-state index contributed by atoms with van der Waals surface area (Å²) in [6, 6.07) is 4.31. The number of aromatic nitrogens is 1. The highest BCUT2D eigenvalue weighted by molar-refractivity contribution is 5.94. The molecule has 2 N–H and O–H groups in total. The van der Waals surface area contributed by atoms with E-state index in [-0.39, 0.29) is 18.1 Å². The maximum atomic E-state index is 13.5. The van der Waals surface area contributed by atoms with Crippen LogP contribution in [0.15, 0.2) is 22.7 Å². The highest BCUT2D eigenvalue weighted by Gasteiger charge is 2.16. The zero-order valence-electron chi connectivity index (χ0n) is 11.4. The average molecular weight is 292 g/mol. The molecule has 0 fully saturated rings. The minimum atomic E-state index is -1.30. The van der Waals surface area contributed by atoms with Gasteiger partial charge in [-0.05, 0) is 30.5 Å². The van der Waals surface area contributed by atoms with Gasteiger partial charge in [0.1, 0.15) is 5.82 Å². The van der Waals surface area contributed by atoms with Crippen LogP contribution in [0.3, 0.4) is 0 Å². The number of nitrogens with one attached hydrogen (secondary N) is 1. The van der Waals surface area contributed by atoms with E-state index in [2.05, 4.69) is 15.0 Å². The largest absolute Gasteiger partial charge is 0.475 e. The van der Waals surface area contributed by atoms with Crippen LogP contribution in [-0.2, 0) is 6.54 Å². The van der Waals surface area contributed by atoms with Crippen molar-refractivity contribution in [3.8, 4) is 0 Å². The van der Waals surface area contributed by atoms with Crippen LogP contribution >= 0.6 is 0 Å². The van der Waals surface area contributed by atoms with Crippen molar-refractivity contribution in [2.24, 2.45) is 0 Å². The van der Waals surface area contributed by atoms with Crippen LogP contribution in [0, 0.1) is 19.7 Å². The van der Waals surface area contributed by atoms with Gasteiger partial charge in [0.05, 0.1) is 0 Å². The molecular formula is C14H13FN2O4. The molecule has 0 aliphatic heterocycles. The Labute approximate surface area is 119 Å². The van der Waals surface area contributed by atoms with Crippen LogP contribution in [0.5, 0.6) is 0 Å². The Hall–Kier alpha value is -2.70. The molecule has 1 amide bonds. The van der Waals surface area contributed by atoms with E-state index in [1.165, 1.54) is 0 Å². The number of aryl methyl sites for hydroxylation is 2. The fourth-order valence-corrected chi connectivity index (χ4v) is 1.89. The van der Waals surface area contributed by atoms with Gasteiger partial charge in [-0.3, -0.25) is 4.79 Å².